The van der Waals surface area contributed by atoms with Gasteiger partial charge in [0.1, 0.15) is 18.7 Å². The summed E-state index contributed by atoms with van der Waals surface area (Å²) in [4.78, 5) is 20.0. The Kier molecular flexibility index (Phi) is 4.41. The van der Waals surface area contributed by atoms with Crippen molar-refractivity contribution in [1.29, 1.82) is 0 Å². The number of hydrogen-bond donors (Lipinski definition) is 1. The average Bonchev–Trinajstić information content (AvgIpc) is 3.00. The average molecular weight is 325 g/mol. The third-order valence-electron chi connectivity index (χ3n) is 3.93. The maximum Gasteiger partial charge on any atom is 0.327 e. The number of nitrogens with zero attached hydrogens (tertiary/aromatic N) is 4. The normalized spacial score (nSPS) is 10.8. The van der Waals surface area contributed by atoms with Gasteiger partial charge in [0.2, 0.25) is 0 Å². The minimum Gasteiger partial charge on any atom is -0.468 e. The molecule has 0 saturated carbocycles. The molecule has 124 valence electrons. The van der Waals surface area contributed by atoms with Gasteiger partial charge >= 0.3 is 5.97 Å². The van der Waals surface area contributed by atoms with Gasteiger partial charge in [0, 0.05) is 5.69 Å². The van der Waals surface area contributed by atoms with Gasteiger partial charge in [-0.1, -0.05) is 13.0 Å². The molecule has 0 aliphatic carbocycles. The molecular formula is C17H19N5O2. The summed E-state index contributed by atoms with van der Waals surface area (Å²) < 4.78 is 6.18. The van der Waals surface area contributed by atoms with Gasteiger partial charge in [-0.25, -0.2) is 14.6 Å². The fourth-order valence-corrected chi connectivity index (χ4v) is 2.56. The predicted molar refractivity (Wildman–Crippen MR) is 91.2 cm³/mol. The molecule has 0 atom stereocenters. The van der Waals surface area contributed by atoms with Crippen molar-refractivity contribution < 1.29 is 9.53 Å². The smallest absolute Gasteiger partial charge is 0.327 e. The van der Waals surface area contributed by atoms with Crippen LogP contribution < -0.4 is 5.32 Å². The van der Waals surface area contributed by atoms with Gasteiger partial charge in [0.25, 0.3) is 0 Å². The SMILES string of the molecule is CCc1cc(Nc2ncnc3c2cnn3CC(=O)OC)ccc1C. The van der Waals surface area contributed by atoms with Crippen molar-refractivity contribution in [2.24, 2.45) is 0 Å². The topological polar surface area (TPSA) is 81.9 Å². The summed E-state index contributed by atoms with van der Waals surface area (Å²) in [5.74, 6) is 0.279. The minimum atomic E-state index is -0.376. The summed E-state index contributed by atoms with van der Waals surface area (Å²) >= 11 is 0. The predicted octanol–water partition coefficient (Wildman–Crippen LogP) is 2.61. The molecule has 1 N–H and O–H groups in total. The zero-order valence-corrected chi connectivity index (χ0v) is 13.9. The fourth-order valence-electron chi connectivity index (χ4n) is 2.56. The third-order valence-corrected chi connectivity index (χ3v) is 3.93. The van der Waals surface area contributed by atoms with E-state index in [1.807, 2.05) is 6.07 Å². The van der Waals surface area contributed by atoms with E-state index in [2.05, 4.69) is 51.1 Å². The van der Waals surface area contributed by atoms with Crippen LogP contribution in [-0.4, -0.2) is 32.8 Å². The van der Waals surface area contributed by atoms with Crippen LogP contribution in [0.25, 0.3) is 11.0 Å². The summed E-state index contributed by atoms with van der Waals surface area (Å²) in [5, 5.41) is 8.27. The lowest BCUT2D eigenvalue weighted by Crippen LogP contribution is -2.13. The number of ether oxygens (including phenoxy) is 1. The van der Waals surface area contributed by atoms with Gasteiger partial charge in [0.05, 0.1) is 18.7 Å². The number of esters is 1. The van der Waals surface area contributed by atoms with Crippen LogP contribution in [0.15, 0.2) is 30.7 Å². The van der Waals surface area contributed by atoms with Crippen LogP contribution in [0.3, 0.4) is 0 Å². The Morgan fingerprint density at radius 1 is 1.33 bits per heavy atom. The standard InChI is InChI=1S/C17H19N5O2/c1-4-12-7-13(6-5-11(12)2)21-16-14-8-20-22(9-15(23)24-3)17(14)19-10-18-16/h5-8,10H,4,9H2,1-3H3,(H,18,19,21). The summed E-state index contributed by atoms with van der Waals surface area (Å²) in [5.41, 5.74) is 4.09. The zero-order valence-electron chi connectivity index (χ0n) is 13.9. The number of hydrogen-bond acceptors (Lipinski definition) is 6. The molecule has 0 bridgehead atoms. The van der Waals surface area contributed by atoms with Crippen LogP contribution in [0.5, 0.6) is 0 Å². The summed E-state index contributed by atoms with van der Waals surface area (Å²) in [6.45, 7) is 4.25. The molecule has 0 unspecified atom stereocenters. The molecule has 0 fully saturated rings. The number of aromatic nitrogens is 4. The number of fused-ring (bicyclic) bond motifs is 1. The van der Waals surface area contributed by atoms with Gasteiger partial charge < -0.3 is 10.1 Å². The number of aryl methyl sites for hydroxylation is 2. The van der Waals surface area contributed by atoms with E-state index < -0.39 is 0 Å². The number of anilines is 2. The van der Waals surface area contributed by atoms with Crippen LogP contribution >= 0.6 is 0 Å². The molecule has 2 aromatic heterocycles. The van der Waals surface area contributed by atoms with E-state index in [0.717, 1.165) is 17.5 Å². The Morgan fingerprint density at radius 2 is 2.17 bits per heavy atom. The lowest BCUT2D eigenvalue weighted by atomic mass is 10.1. The van der Waals surface area contributed by atoms with E-state index >= 15 is 0 Å². The number of nitrogens with one attached hydrogen (secondary N) is 1. The molecule has 3 aromatic rings. The highest BCUT2D eigenvalue weighted by atomic mass is 16.5. The number of rotatable bonds is 5. The van der Waals surface area contributed by atoms with Crippen molar-refractivity contribution >= 4 is 28.5 Å². The van der Waals surface area contributed by atoms with Crippen LogP contribution in [-0.2, 0) is 22.5 Å². The Labute approximate surface area is 139 Å². The zero-order chi connectivity index (χ0) is 17.1. The van der Waals surface area contributed by atoms with Crippen molar-refractivity contribution in [2.75, 3.05) is 12.4 Å². The molecule has 0 radical (unpaired) electrons. The molecule has 0 saturated heterocycles. The van der Waals surface area contributed by atoms with Crippen molar-refractivity contribution in [3.05, 3.63) is 41.9 Å². The van der Waals surface area contributed by atoms with Crippen LogP contribution in [0.1, 0.15) is 18.1 Å². The van der Waals surface area contributed by atoms with Crippen LogP contribution in [0.4, 0.5) is 11.5 Å². The molecule has 0 spiro atoms. The fraction of sp³-hybridized carbons (Fsp3) is 0.294. The molecule has 7 nitrogen and oxygen atoms in total. The highest BCUT2D eigenvalue weighted by Crippen LogP contribution is 2.24. The van der Waals surface area contributed by atoms with Crippen molar-refractivity contribution in [2.45, 2.75) is 26.8 Å². The van der Waals surface area contributed by atoms with E-state index in [-0.39, 0.29) is 12.5 Å². The van der Waals surface area contributed by atoms with Gasteiger partial charge in [0.15, 0.2) is 5.65 Å². The number of carbonyl (C=O) groups excluding carboxylic acids is 1. The first kappa shape index (κ1) is 15.9. The molecule has 1 aromatic carbocycles. The molecule has 2 heterocycles. The van der Waals surface area contributed by atoms with Crippen molar-refractivity contribution in [3.63, 3.8) is 0 Å². The summed E-state index contributed by atoms with van der Waals surface area (Å²) in [7, 11) is 1.35. The number of benzene rings is 1. The molecule has 0 amide bonds. The molecule has 7 heteroatoms. The number of methoxy groups -OCH3 is 1. The summed E-state index contributed by atoms with van der Waals surface area (Å²) in [6.07, 6.45) is 4.07. The maximum absolute atomic E-state index is 11.5. The van der Waals surface area contributed by atoms with E-state index in [1.54, 1.807) is 6.20 Å². The maximum atomic E-state index is 11.5. The second-order valence-electron chi connectivity index (χ2n) is 5.46. The third kappa shape index (κ3) is 3.05. The van der Waals surface area contributed by atoms with Crippen LogP contribution in [0.2, 0.25) is 0 Å². The second-order valence-corrected chi connectivity index (χ2v) is 5.46. The van der Waals surface area contributed by atoms with E-state index in [1.165, 1.54) is 29.2 Å². The van der Waals surface area contributed by atoms with Gasteiger partial charge in [-0.3, -0.25) is 4.79 Å². The highest BCUT2D eigenvalue weighted by Gasteiger charge is 2.13. The first-order chi connectivity index (χ1) is 11.6. The molecule has 24 heavy (non-hydrogen) atoms. The monoisotopic (exact) mass is 325 g/mol. The van der Waals surface area contributed by atoms with E-state index in [4.69, 9.17) is 0 Å². The Morgan fingerprint density at radius 3 is 2.92 bits per heavy atom. The van der Waals surface area contributed by atoms with Crippen molar-refractivity contribution in [3.8, 4) is 0 Å². The molecular weight excluding hydrogens is 306 g/mol. The van der Waals surface area contributed by atoms with Crippen molar-refractivity contribution in [1.82, 2.24) is 19.7 Å². The number of carbonyl (C=O) groups is 1. The Bertz CT molecular complexity index is 888. The first-order valence-electron chi connectivity index (χ1n) is 7.72. The Balaban J connectivity index is 1.94. The second kappa shape index (κ2) is 6.66. The summed E-state index contributed by atoms with van der Waals surface area (Å²) in [6, 6.07) is 6.21. The molecule has 0 aliphatic heterocycles. The minimum absolute atomic E-state index is 0.0148. The largest absolute Gasteiger partial charge is 0.468 e. The van der Waals surface area contributed by atoms with E-state index in [9.17, 15) is 4.79 Å². The Hall–Kier alpha value is -2.96. The van der Waals surface area contributed by atoms with Gasteiger partial charge in [-0.2, -0.15) is 5.10 Å². The lowest BCUT2D eigenvalue weighted by Gasteiger charge is -2.10. The van der Waals surface area contributed by atoms with Gasteiger partial charge in [-0.15, -0.1) is 0 Å². The molecule has 3 rings (SSSR count). The van der Waals surface area contributed by atoms with Crippen LogP contribution in [0, 0.1) is 6.92 Å². The van der Waals surface area contributed by atoms with Gasteiger partial charge in [-0.05, 0) is 36.6 Å². The molecule has 0 aliphatic rings. The van der Waals surface area contributed by atoms with E-state index in [0.29, 0.717) is 11.5 Å². The first-order valence-corrected chi connectivity index (χ1v) is 7.72. The quantitative estimate of drug-likeness (QED) is 0.726. The lowest BCUT2D eigenvalue weighted by molar-refractivity contribution is -0.141. The highest BCUT2D eigenvalue weighted by molar-refractivity contribution is 5.88.